The van der Waals surface area contributed by atoms with Crippen LogP contribution in [0.15, 0.2) is 29.7 Å². The lowest BCUT2D eigenvalue weighted by atomic mass is 10.1. The number of hydrogen-bond donors (Lipinski definition) is 0. The fraction of sp³-hybridized carbons (Fsp3) is 0.462. The Hall–Kier alpha value is -1.91. The van der Waals surface area contributed by atoms with Gasteiger partial charge in [-0.3, -0.25) is 9.78 Å². The number of carbonyl (C=O) groups is 1. The molecule has 1 atom stereocenters. The second-order valence-electron chi connectivity index (χ2n) is 4.34. The zero-order chi connectivity index (χ0) is 13.0. The van der Waals surface area contributed by atoms with E-state index in [-0.39, 0.29) is 5.91 Å². The molecule has 1 aromatic rings. The minimum absolute atomic E-state index is 0.0121. The van der Waals surface area contributed by atoms with Gasteiger partial charge in [0.1, 0.15) is 0 Å². The summed E-state index contributed by atoms with van der Waals surface area (Å²) in [5.74, 6) is -0.0121. The van der Waals surface area contributed by atoms with Gasteiger partial charge in [-0.1, -0.05) is 11.2 Å². The molecule has 18 heavy (non-hydrogen) atoms. The van der Waals surface area contributed by atoms with Gasteiger partial charge in [-0.05, 0) is 25.5 Å². The highest BCUT2D eigenvalue weighted by molar-refractivity contribution is 5.91. The first-order chi connectivity index (χ1) is 8.70. The van der Waals surface area contributed by atoms with Gasteiger partial charge in [0.25, 0.3) is 5.91 Å². The third-order valence-corrected chi connectivity index (χ3v) is 2.88. The normalized spacial score (nSPS) is 18.1. The molecule has 0 N–H and O–H groups in total. The molecule has 2 rings (SSSR count). The van der Waals surface area contributed by atoms with Gasteiger partial charge in [-0.25, -0.2) is 0 Å². The van der Waals surface area contributed by atoms with E-state index >= 15 is 0 Å². The number of pyridine rings is 1. The van der Waals surface area contributed by atoms with Crippen molar-refractivity contribution in [3.05, 3.63) is 30.1 Å². The summed E-state index contributed by atoms with van der Waals surface area (Å²) in [6.45, 7) is 5.02. The van der Waals surface area contributed by atoms with E-state index in [1.807, 2.05) is 26.0 Å². The number of aromatic nitrogens is 1. The molecule has 5 nitrogen and oxygen atoms in total. The number of oxime groups is 1. The van der Waals surface area contributed by atoms with Crippen molar-refractivity contribution in [2.24, 2.45) is 5.16 Å². The third kappa shape index (κ3) is 2.85. The quantitative estimate of drug-likeness (QED) is 0.812. The maximum Gasteiger partial charge on any atom is 0.267 e. The van der Waals surface area contributed by atoms with E-state index in [2.05, 4.69) is 10.1 Å². The van der Waals surface area contributed by atoms with E-state index in [9.17, 15) is 4.79 Å². The molecule has 0 aromatic carbocycles. The van der Waals surface area contributed by atoms with Crippen molar-refractivity contribution < 1.29 is 9.63 Å². The minimum atomic E-state index is -0.457. The fourth-order valence-corrected chi connectivity index (χ4v) is 1.89. The SMILES string of the molecule is CCN(Cc1cccnc1)C(=O)C1CC(C)=NO1. The topological polar surface area (TPSA) is 54.8 Å². The Morgan fingerprint density at radius 2 is 2.44 bits per heavy atom. The standard InChI is InChI=1S/C13H17N3O2/c1-3-16(9-11-5-4-6-14-8-11)13(17)12-7-10(2)15-18-12/h4-6,8,12H,3,7,9H2,1-2H3. The molecule has 0 spiro atoms. The summed E-state index contributed by atoms with van der Waals surface area (Å²) in [7, 11) is 0. The lowest BCUT2D eigenvalue weighted by Crippen LogP contribution is -2.38. The van der Waals surface area contributed by atoms with Crippen molar-refractivity contribution in [1.29, 1.82) is 0 Å². The number of nitrogens with zero attached hydrogens (tertiary/aromatic N) is 3. The Kier molecular flexibility index (Phi) is 3.92. The average Bonchev–Trinajstić information content (AvgIpc) is 2.83. The summed E-state index contributed by atoms with van der Waals surface area (Å²) in [5, 5.41) is 3.82. The Morgan fingerprint density at radius 1 is 1.61 bits per heavy atom. The van der Waals surface area contributed by atoms with Crippen LogP contribution in [-0.4, -0.2) is 34.2 Å². The predicted molar refractivity (Wildman–Crippen MR) is 67.9 cm³/mol. The van der Waals surface area contributed by atoms with Crippen LogP contribution in [0, 0.1) is 0 Å². The van der Waals surface area contributed by atoms with Crippen LogP contribution in [0.1, 0.15) is 25.8 Å². The predicted octanol–water partition coefficient (Wildman–Crippen LogP) is 1.59. The van der Waals surface area contributed by atoms with Crippen molar-refractivity contribution in [2.75, 3.05) is 6.54 Å². The zero-order valence-corrected chi connectivity index (χ0v) is 10.7. The van der Waals surface area contributed by atoms with Gasteiger partial charge < -0.3 is 9.74 Å². The summed E-state index contributed by atoms with van der Waals surface area (Å²) in [6, 6.07) is 3.83. The van der Waals surface area contributed by atoms with Gasteiger partial charge in [-0.15, -0.1) is 0 Å². The number of hydrogen-bond acceptors (Lipinski definition) is 4. The summed E-state index contributed by atoms with van der Waals surface area (Å²) < 4.78 is 0. The number of amides is 1. The molecule has 1 aliphatic rings. The van der Waals surface area contributed by atoms with Gasteiger partial charge in [0.2, 0.25) is 6.10 Å². The van der Waals surface area contributed by atoms with Gasteiger partial charge in [0.15, 0.2) is 0 Å². The number of likely N-dealkylation sites (N-methyl/N-ethyl adjacent to an activating group) is 1. The van der Waals surface area contributed by atoms with E-state index in [1.165, 1.54) is 0 Å². The number of rotatable bonds is 4. The van der Waals surface area contributed by atoms with Crippen molar-refractivity contribution >= 4 is 11.6 Å². The minimum Gasteiger partial charge on any atom is -0.382 e. The molecule has 0 radical (unpaired) electrons. The van der Waals surface area contributed by atoms with E-state index in [1.54, 1.807) is 17.3 Å². The Balaban J connectivity index is 1.99. The highest BCUT2D eigenvalue weighted by Crippen LogP contribution is 2.14. The molecule has 0 saturated heterocycles. The molecule has 5 heteroatoms. The molecule has 0 aliphatic carbocycles. The first kappa shape index (κ1) is 12.5. The van der Waals surface area contributed by atoms with Crippen molar-refractivity contribution in [1.82, 2.24) is 9.88 Å². The molecule has 1 aliphatic heterocycles. The van der Waals surface area contributed by atoms with Crippen LogP contribution < -0.4 is 0 Å². The lowest BCUT2D eigenvalue weighted by Gasteiger charge is -2.23. The maximum absolute atomic E-state index is 12.2. The molecule has 1 aromatic heterocycles. The molecular formula is C13H17N3O2. The van der Waals surface area contributed by atoms with Crippen LogP contribution in [0.3, 0.4) is 0 Å². The van der Waals surface area contributed by atoms with Gasteiger partial charge >= 0.3 is 0 Å². The molecule has 96 valence electrons. The van der Waals surface area contributed by atoms with Crippen molar-refractivity contribution in [2.45, 2.75) is 32.9 Å². The van der Waals surface area contributed by atoms with E-state index in [0.717, 1.165) is 11.3 Å². The molecule has 0 saturated carbocycles. The first-order valence-electron chi connectivity index (χ1n) is 6.07. The summed E-state index contributed by atoms with van der Waals surface area (Å²) in [6.07, 6.45) is 3.62. The highest BCUT2D eigenvalue weighted by Gasteiger charge is 2.29. The smallest absolute Gasteiger partial charge is 0.267 e. The average molecular weight is 247 g/mol. The molecule has 1 amide bonds. The van der Waals surface area contributed by atoms with Crippen molar-refractivity contribution in [3.8, 4) is 0 Å². The zero-order valence-electron chi connectivity index (χ0n) is 10.7. The van der Waals surface area contributed by atoms with Crippen LogP contribution >= 0.6 is 0 Å². The summed E-state index contributed by atoms with van der Waals surface area (Å²) in [4.78, 5) is 23.2. The Bertz CT molecular complexity index is 445. The second-order valence-corrected chi connectivity index (χ2v) is 4.34. The number of carbonyl (C=O) groups excluding carboxylic acids is 1. The van der Waals surface area contributed by atoms with Crippen LogP contribution in [0.2, 0.25) is 0 Å². The summed E-state index contributed by atoms with van der Waals surface area (Å²) >= 11 is 0. The third-order valence-electron chi connectivity index (χ3n) is 2.88. The van der Waals surface area contributed by atoms with Crippen LogP contribution in [0.25, 0.3) is 0 Å². The molecule has 0 bridgehead atoms. The first-order valence-corrected chi connectivity index (χ1v) is 6.07. The highest BCUT2D eigenvalue weighted by atomic mass is 16.6. The van der Waals surface area contributed by atoms with Gasteiger partial charge in [0, 0.05) is 31.9 Å². The van der Waals surface area contributed by atoms with Crippen LogP contribution in [0.5, 0.6) is 0 Å². The van der Waals surface area contributed by atoms with Crippen LogP contribution in [0.4, 0.5) is 0 Å². The lowest BCUT2D eigenvalue weighted by molar-refractivity contribution is -0.142. The van der Waals surface area contributed by atoms with E-state index < -0.39 is 6.10 Å². The van der Waals surface area contributed by atoms with Crippen LogP contribution in [-0.2, 0) is 16.2 Å². The Morgan fingerprint density at radius 3 is 3.00 bits per heavy atom. The molecular weight excluding hydrogens is 230 g/mol. The van der Waals surface area contributed by atoms with E-state index in [0.29, 0.717) is 19.5 Å². The monoisotopic (exact) mass is 247 g/mol. The maximum atomic E-state index is 12.2. The summed E-state index contributed by atoms with van der Waals surface area (Å²) in [5.41, 5.74) is 1.88. The molecule has 1 unspecified atom stereocenters. The molecule has 0 fully saturated rings. The van der Waals surface area contributed by atoms with E-state index in [4.69, 9.17) is 4.84 Å². The van der Waals surface area contributed by atoms with Gasteiger partial charge in [0.05, 0.1) is 5.71 Å². The van der Waals surface area contributed by atoms with Crippen molar-refractivity contribution in [3.63, 3.8) is 0 Å². The molecule has 2 heterocycles. The Labute approximate surface area is 106 Å². The fourth-order valence-electron chi connectivity index (χ4n) is 1.89. The largest absolute Gasteiger partial charge is 0.382 e. The second kappa shape index (κ2) is 5.62. The van der Waals surface area contributed by atoms with Gasteiger partial charge in [-0.2, -0.15) is 0 Å².